The third-order valence-electron chi connectivity index (χ3n) is 4.50. The van der Waals surface area contributed by atoms with E-state index < -0.39 is 0 Å². The van der Waals surface area contributed by atoms with Crippen LogP contribution in [0.25, 0.3) is 0 Å². The Bertz CT molecular complexity index is 805. The van der Waals surface area contributed by atoms with Crippen LogP contribution in [0.4, 0.5) is 0 Å². The monoisotopic (exact) mass is 296 g/mol. The standard InChI is InChI=1S/C18H20N2O2/c1-12-10-13(2)19(3)17(21)16(12)18(22)20-9-8-14-6-4-5-7-15(14)11-20/h4-7,10H,8-9,11H2,1-3H3. The van der Waals surface area contributed by atoms with E-state index in [1.165, 1.54) is 15.7 Å². The van der Waals surface area contributed by atoms with Gasteiger partial charge in [0.1, 0.15) is 5.56 Å². The topological polar surface area (TPSA) is 42.3 Å². The highest BCUT2D eigenvalue weighted by atomic mass is 16.2. The molecule has 114 valence electrons. The van der Waals surface area contributed by atoms with Gasteiger partial charge in [0.05, 0.1) is 0 Å². The van der Waals surface area contributed by atoms with Gasteiger partial charge in [0.15, 0.2) is 0 Å². The van der Waals surface area contributed by atoms with Crippen molar-refractivity contribution in [3.63, 3.8) is 0 Å². The second-order valence-electron chi connectivity index (χ2n) is 5.95. The van der Waals surface area contributed by atoms with Crippen LogP contribution in [0.5, 0.6) is 0 Å². The Hall–Kier alpha value is -2.36. The van der Waals surface area contributed by atoms with Crippen molar-refractivity contribution in [2.24, 2.45) is 7.05 Å². The first-order chi connectivity index (χ1) is 10.5. The number of hydrogen-bond acceptors (Lipinski definition) is 2. The van der Waals surface area contributed by atoms with Gasteiger partial charge in [-0.2, -0.15) is 0 Å². The summed E-state index contributed by atoms with van der Waals surface area (Å²) < 4.78 is 1.54. The lowest BCUT2D eigenvalue weighted by atomic mass is 9.99. The molecule has 0 saturated carbocycles. The maximum Gasteiger partial charge on any atom is 0.263 e. The third kappa shape index (κ3) is 2.34. The molecule has 0 fully saturated rings. The van der Waals surface area contributed by atoms with E-state index in [1.807, 2.05) is 32.0 Å². The van der Waals surface area contributed by atoms with Gasteiger partial charge in [0, 0.05) is 25.8 Å². The molecule has 1 aromatic carbocycles. The van der Waals surface area contributed by atoms with Crippen molar-refractivity contribution in [1.29, 1.82) is 0 Å². The second-order valence-corrected chi connectivity index (χ2v) is 5.95. The van der Waals surface area contributed by atoms with E-state index >= 15 is 0 Å². The van der Waals surface area contributed by atoms with Crippen molar-refractivity contribution in [3.05, 3.63) is 68.6 Å². The molecule has 4 nitrogen and oxygen atoms in total. The van der Waals surface area contributed by atoms with Crippen LogP contribution in [0.15, 0.2) is 35.1 Å². The molecule has 1 aromatic heterocycles. The average Bonchev–Trinajstić information content (AvgIpc) is 2.52. The number of benzene rings is 1. The van der Waals surface area contributed by atoms with Crippen LogP contribution in [0.1, 0.15) is 32.7 Å². The van der Waals surface area contributed by atoms with Crippen LogP contribution in [0.3, 0.4) is 0 Å². The molecule has 0 unspecified atom stereocenters. The van der Waals surface area contributed by atoms with Gasteiger partial charge < -0.3 is 9.47 Å². The Kier molecular flexibility index (Phi) is 3.61. The number of rotatable bonds is 1. The molecular weight excluding hydrogens is 276 g/mol. The molecule has 2 heterocycles. The number of aryl methyl sites for hydroxylation is 2. The normalized spacial score (nSPS) is 13.9. The highest BCUT2D eigenvalue weighted by Gasteiger charge is 2.25. The first-order valence-corrected chi connectivity index (χ1v) is 7.52. The maximum atomic E-state index is 12.8. The average molecular weight is 296 g/mol. The first kappa shape index (κ1) is 14.6. The van der Waals surface area contributed by atoms with Gasteiger partial charge in [-0.3, -0.25) is 9.59 Å². The lowest BCUT2D eigenvalue weighted by Gasteiger charge is -2.29. The first-order valence-electron chi connectivity index (χ1n) is 7.52. The van der Waals surface area contributed by atoms with Crippen molar-refractivity contribution < 1.29 is 4.79 Å². The number of amides is 1. The molecule has 0 bridgehead atoms. The Morgan fingerprint density at radius 2 is 1.82 bits per heavy atom. The van der Waals surface area contributed by atoms with E-state index in [0.717, 1.165) is 17.7 Å². The Balaban J connectivity index is 1.97. The summed E-state index contributed by atoms with van der Waals surface area (Å²) in [5, 5.41) is 0. The van der Waals surface area contributed by atoms with Gasteiger partial charge >= 0.3 is 0 Å². The molecule has 0 aliphatic carbocycles. The van der Waals surface area contributed by atoms with E-state index in [4.69, 9.17) is 0 Å². The molecule has 3 rings (SSSR count). The highest BCUT2D eigenvalue weighted by molar-refractivity contribution is 5.95. The number of hydrogen-bond donors (Lipinski definition) is 0. The zero-order chi connectivity index (χ0) is 15.9. The molecule has 1 aliphatic heterocycles. The summed E-state index contributed by atoms with van der Waals surface area (Å²) in [5.41, 5.74) is 4.17. The quantitative estimate of drug-likeness (QED) is 0.809. The number of nitrogens with zero attached hydrogens (tertiary/aromatic N) is 2. The summed E-state index contributed by atoms with van der Waals surface area (Å²) in [6, 6.07) is 10.1. The molecule has 0 saturated heterocycles. The van der Waals surface area contributed by atoms with Crippen molar-refractivity contribution in [2.45, 2.75) is 26.8 Å². The molecule has 0 radical (unpaired) electrons. The fourth-order valence-electron chi connectivity index (χ4n) is 3.07. The second kappa shape index (κ2) is 5.44. The smallest absolute Gasteiger partial charge is 0.263 e. The Morgan fingerprint density at radius 3 is 2.55 bits per heavy atom. The van der Waals surface area contributed by atoms with E-state index in [0.29, 0.717) is 18.7 Å². The minimum Gasteiger partial charge on any atom is -0.334 e. The van der Waals surface area contributed by atoms with Crippen LogP contribution in [-0.2, 0) is 20.0 Å². The Labute approximate surface area is 130 Å². The molecule has 0 atom stereocenters. The fraction of sp³-hybridized carbons (Fsp3) is 0.333. The van der Waals surface area contributed by atoms with Gasteiger partial charge in [-0.05, 0) is 43.0 Å². The van der Waals surface area contributed by atoms with E-state index in [9.17, 15) is 9.59 Å². The van der Waals surface area contributed by atoms with Gasteiger partial charge in [-0.15, -0.1) is 0 Å². The molecule has 2 aromatic rings. The summed E-state index contributed by atoms with van der Waals surface area (Å²) >= 11 is 0. The molecule has 1 aliphatic rings. The molecule has 1 amide bonds. The molecule has 0 spiro atoms. The summed E-state index contributed by atoms with van der Waals surface area (Å²) in [6.45, 7) is 4.94. The van der Waals surface area contributed by atoms with E-state index in [2.05, 4.69) is 12.1 Å². The van der Waals surface area contributed by atoms with Crippen molar-refractivity contribution in [1.82, 2.24) is 9.47 Å². The van der Waals surface area contributed by atoms with Crippen molar-refractivity contribution in [2.75, 3.05) is 6.54 Å². The van der Waals surface area contributed by atoms with Gasteiger partial charge in [0.25, 0.3) is 11.5 Å². The van der Waals surface area contributed by atoms with Gasteiger partial charge in [-0.1, -0.05) is 24.3 Å². The number of aromatic nitrogens is 1. The van der Waals surface area contributed by atoms with Crippen LogP contribution in [-0.4, -0.2) is 21.9 Å². The number of carbonyl (C=O) groups excluding carboxylic acids is 1. The van der Waals surface area contributed by atoms with Crippen LogP contribution >= 0.6 is 0 Å². The van der Waals surface area contributed by atoms with Crippen LogP contribution in [0.2, 0.25) is 0 Å². The third-order valence-corrected chi connectivity index (χ3v) is 4.50. The van der Waals surface area contributed by atoms with Crippen molar-refractivity contribution in [3.8, 4) is 0 Å². The predicted molar refractivity (Wildman–Crippen MR) is 86.0 cm³/mol. The highest BCUT2D eigenvalue weighted by Crippen LogP contribution is 2.20. The summed E-state index contributed by atoms with van der Waals surface area (Å²) in [4.78, 5) is 27.1. The SMILES string of the molecule is Cc1cc(C)n(C)c(=O)c1C(=O)N1CCc2ccccc2C1. The molecule has 4 heteroatoms. The zero-order valence-corrected chi connectivity index (χ0v) is 13.2. The Morgan fingerprint density at radius 1 is 1.14 bits per heavy atom. The van der Waals surface area contributed by atoms with Crippen LogP contribution < -0.4 is 5.56 Å². The number of pyridine rings is 1. The molecule has 22 heavy (non-hydrogen) atoms. The van der Waals surface area contributed by atoms with E-state index in [1.54, 1.807) is 11.9 Å². The number of carbonyl (C=O) groups is 1. The summed E-state index contributed by atoms with van der Waals surface area (Å²) in [7, 11) is 1.71. The lowest BCUT2D eigenvalue weighted by molar-refractivity contribution is 0.0731. The molecule has 0 N–H and O–H groups in total. The predicted octanol–water partition coefficient (Wildman–Crippen LogP) is 2.20. The van der Waals surface area contributed by atoms with Gasteiger partial charge in [-0.25, -0.2) is 0 Å². The maximum absolute atomic E-state index is 12.8. The summed E-state index contributed by atoms with van der Waals surface area (Å²) in [6.07, 6.45) is 0.840. The zero-order valence-electron chi connectivity index (χ0n) is 13.2. The van der Waals surface area contributed by atoms with Crippen LogP contribution in [0, 0.1) is 13.8 Å². The largest absolute Gasteiger partial charge is 0.334 e. The van der Waals surface area contributed by atoms with Gasteiger partial charge in [0.2, 0.25) is 0 Å². The minimum absolute atomic E-state index is 0.160. The lowest BCUT2D eigenvalue weighted by Crippen LogP contribution is -2.40. The minimum atomic E-state index is -0.207. The van der Waals surface area contributed by atoms with E-state index in [-0.39, 0.29) is 11.5 Å². The number of fused-ring (bicyclic) bond motifs is 1. The van der Waals surface area contributed by atoms with Crippen molar-refractivity contribution >= 4 is 5.91 Å². The fourth-order valence-corrected chi connectivity index (χ4v) is 3.07. The summed E-state index contributed by atoms with van der Waals surface area (Å²) in [5.74, 6) is -0.160. The molecular formula is C18H20N2O2.